The van der Waals surface area contributed by atoms with E-state index in [9.17, 15) is 36.8 Å². The van der Waals surface area contributed by atoms with E-state index in [1.807, 2.05) is 0 Å². The number of sulfonamides is 1. The van der Waals surface area contributed by atoms with Gasteiger partial charge in [0, 0.05) is 38.3 Å². The number of fused-ring (bicyclic) bond motifs is 1. The van der Waals surface area contributed by atoms with Gasteiger partial charge in [-0.1, -0.05) is 60.7 Å². The predicted octanol–water partition coefficient (Wildman–Crippen LogP) is 4.55. The number of nitrogens with zero attached hydrogens (tertiary/aromatic N) is 4. The molecule has 0 aliphatic carbocycles. The van der Waals surface area contributed by atoms with Crippen molar-refractivity contribution in [2.75, 3.05) is 56.1 Å². The molecular formula is C45H45FN6O9S. The first-order valence-electron chi connectivity index (χ1n) is 19.3. The van der Waals surface area contributed by atoms with Crippen molar-refractivity contribution in [3.63, 3.8) is 0 Å². The zero-order valence-electron chi connectivity index (χ0n) is 34.4. The van der Waals surface area contributed by atoms with Crippen LogP contribution in [0.5, 0.6) is 11.5 Å². The monoisotopic (exact) mass is 864 g/mol. The van der Waals surface area contributed by atoms with E-state index in [1.54, 1.807) is 109 Å². The minimum Gasteiger partial charge on any atom is -0.497 e. The molecule has 0 aromatic heterocycles. The van der Waals surface area contributed by atoms with E-state index in [4.69, 9.17) is 9.47 Å². The lowest BCUT2D eigenvalue weighted by Gasteiger charge is -2.36. The number of nitrogens with one attached hydrogen (secondary N) is 2. The first-order chi connectivity index (χ1) is 29.7. The lowest BCUT2D eigenvalue weighted by molar-refractivity contribution is -0.127. The number of rotatable bonds is 16. The van der Waals surface area contributed by atoms with Gasteiger partial charge >= 0.3 is 6.03 Å². The standard InChI is InChI=1S/C45H45FN6O9S/c1-49(33-16-20-35(60-3)21-17-33)43(55)37(25-30-11-7-5-8-12-30)47-41(53)28-51-39-24-15-32(46)27-40(39)62(58,59)52(45(51)57)29-42(54)48-38(26-31-13-9-6-10-14-31)44(56)50(2)34-18-22-36(61-4)23-19-34/h5-24,27,37-38H,25-26,28-29H2,1-4H3,(H,47,53)(H,48,54)/t37-,38-/m0/s1. The van der Waals surface area contributed by atoms with E-state index in [-0.39, 0.29) is 22.8 Å². The highest BCUT2D eigenvalue weighted by molar-refractivity contribution is 7.90. The third kappa shape index (κ3) is 10.2. The summed E-state index contributed by atoms with van der Waals surface area (Å²) in [6.07, 6.45) is 0.0579. The number of likely N-dealkylation sites (N-methyl/N-ethyl adjacent to an activating group) is 2. The summed E-state index contributed by atoms with van der Waals surface area (Å²) < 4.78 is 53.4. The second kappa shape index (κ2) is 19.4. The fraction of sp³-hybridized carbons (Fsp3) is 0.222. The number of anilines is 3. The van der Waals surface area contributed by atoms with Crippen LogP contribution in [0.25, 0.3) is 0 Å². The molecule has 0 saturated carbocycles. The summed E-state index contributed by atoms with van der Waals surface area (Å²) in [6.45, 7) is -1.94. The van der Waals surface area contributed by atoms with Crippen molar-refractivity contribution in [1.82, 2.24) is 14.9 Å². The zero-order chi connectivity index (χ0) is 44.6. The molecule has 5 aromatic carbocycles. The first-order valence-corrected chi connectivity index (χ1v) is 20.8. The molecule has 6 rings (SSSR count). The molecule has 6 amide bonds. The lowest BCUT2D eigenvalue weighted by Crippen LogP contribution is -2.58. The molecule has 0 unspecified atom stereocenters. The number of carbonyl (C=O) groups is 5. The van der Waals surface area contributed by atoms with Crippen LogP contribution in [0.2, 0.25) is 0 Å². The molecule has 0 radical (unpaired) electrons. The van der Waals surface area contributed by atoms with Crippen LogP contribution >= 0.6 is 0 Å². The summed E-state index contributed by atoms with van der Waals surface area (Å²) >= 11 is 0. The molecular weight excluding hydrogens is 820 g/mol. The number of hydrogen-bond donors (Lipinski definition) is 2. The number of ether oxygens (including phenoxy) is 2. The molecule has 1 aliphatic heterocycles. The summed E-state index contributed by atoms with van der Waals surface area (Å²) in [6, 6.07) is 30.0. The van der Waals surface area contributed by atoms with E-state index >= 15 is 0 Å². The Kier molecular flexibility index (Phi) is 13.9. The van der Waals surface area contributed by atoms with Crippen molar-refractivity contribution in [2.24, 2.45) is 0 Å². The summed E-state index contributed by atoms with van der Waals surface area (Å²) in [5.41, 5.74) is 2.06. The van der Waals surface area contributed by atoms with Gasteiger partial charge in [0.1, 0.15) is 47.4 Å². The number of benzene rings is 5. The molecule has 17 heteroatoms. The molecule has 0 fully saturated rings. The van der Waals surface area contributed by atoms with E-state index in [2.05, 4.69) is 10.6 Å². The summed E-state index contributed by atoms with van der Waals surface area (Å²) in [4.78, 5) is 72.7. The second-order valence-corrected chi connectivity index (χ2v) is 16.1. The van der Waals surface area contributed by atoms with Crippen LogP contribution in [0.1, 0.15) is 11.1 Å². The van der Waals surface area contributed by atoms with E-state index < -0.39 is 75.6 Å². The molecule has 0 spiro atoms. The molecule has 62 heavy (non-hydrogen) atoms. The third-order valence-electron chi connectivity index (χ3n) is 10.2. The molecule has 1 aliphatic rings. The van der Waals surface area contributed by atoms with Crippen molar-refractivity contribution >= 4 is 56.7 Å². The fourth-order valence-corrected chi connectivity index (χ4v) is 8.40. The predicted molar refractivity (Wildman–Crippen MR) is 230 cm³/mol. The van der Waals surface area contributed by atoms with Gasteiger partial charge in [0.2, 0.25) is 23.6 Å². The number of halogens is 1. The Morgan fingerprint density at radius 3 is 1.52 bits per heavy atom. The fourth-order valence-electron chi connectivity index (χ4n) is 6.87. The quantitative estimate of drug-likeness (QED) is 0.144. The maximum atomic E-state index is 14.7. The minimum atomic E-state index is -4.89. The molecule has 5 aromatic rings. The lowest BCUT2D eigenvalue weighted by atomic mass is 10.0. The molecule has 15 nitrogen and oxygen atoms in total. The highest BCUT2D eigenvalue weighted by Crippen LogP contribution is 2.35. The maximum absolute atomic E-state index is 14.7. The van der Waals surface area contributed by atoms with Crippen LogP contribution in [-0.4, -0.2) is 95.9 Å². The van der Waals surface area contributed by atoms with Crippen LogP contribution in [0.4, 0.5) is 26.2 Å². The summed E-state index contributed by atoms with van der Waals surface area (Å²) in [5, 5.41) is 5.29. The minimum absolute atomic E-state index is 0.00344. The normalized spacial score (nSPS) is 13.9. The van der Waals surface area contributed by atoms with Gasteiger partial charge in [-0.2, -0.15) is 0 Å². The molecule has 1 heterocycles. The van der Waals surface area contributed by atoms with Crippen molar-refractivity contribution in [2.45, 2.75) is 29.8 Å². The van der Waals surface area contributed by atoms with Gasteiger partial charge < -0.3 is 29.9 Å². The average Bonchev–Trinajstić information content (AvgIpc) is 3.28. The summed E-state index contributed by atoms with van der Waals surface area (Å²) in [5.74, 6) is -2.77. The Morgan fingerprint density at radius 2 is 1.08 bits per heavy atom. The molecule has 0 bridgehead atoms. The number of amides is 6. The number of methoxy groups -OCH3 is 2. The Hall–Kier alpha value is -7.27. The van der Waals surface area contributed by atoms with Crippen molar-refractivity contribution in [3.05, 3.63) is 144 Å². The van der Waals surface area contributed by atoms with Crippen molar-refractivity contribution in [3.8, 4) is 11.5 Å². The van der Waals surface area contributed by atoms with Crippen LogP contribution in [0, 0.1) is 5.82 Å². The molecule has 2 atom stereocenters. The highest BCUT2D eigenvalue weighted by atomic mass is 32.2. The van der Waals surface area contributed by atoms with Gasteiger partial charge in [-0.25, -0.2) is 21.9 Å². The number of carbonyl (C=O) groups excluding carboxylic acids is 5. The topological polar surface area (TPSA) is 175 Å². The van der Waals surface area contributed by atoms with Gasteiger partial charge in [0.15, 0.2) is 0 Å². The maximum Gasteiger partial charge on any atom is 0.339 e. The smallest absolute Gasteiger partial charge is 0.339 e. The average molecular weight is 865 g/mol. The van der Waals surface area contributed by atoms with Gasteiger partial charge in [-0.05, 0) is 77.9 Å². The van der Waals surface area contributed by atoms with Crippen molar-refractivity contribution in [1.29, 1.82) is 0 Å². The van der Waals surface area contributed by atoms with Crippen molar-refractivity contribution < 1.29 is 46.3 Å². The van der Waals surface area contributed by atoms with Crippen LogP contribution in [0.15, 0.2) is 132 Å². The SMILES string of the molecule is COc1ccc(N(C)C(=O)[C@H](Cc2ccccc2)NC(=O)CN2C(=O)N(CC(=O)N[C@@H](Cc3ccccc3)C(=O)N(C)c3ccc(OC)cc3)S(=O)(=O)c3cc(F)ccc32)cc1. The summed E-state index contributed by atoms with van der Waals surface area (Å²) in [7, 11) is 1.17. The third-order valence-corrected chi connectivity index (χ3v) is 12.0. The van der Waals surface area contributed by atoms with E-state index in [0.717, 1.165) is 17.0 Å². The number of hydrogen-bond acceptors (Lipinski definition) is 9. The van der Waals surface area contributed by atoms with Crippen LogP contribution in [0.3, 0.4) is 0 Å². The molecule has 0 saturated heterocycles. The first kappa shape index (κ1) is 44.3. The highest BCUT2D eigenvalue weighted by Gasteiger charge is 2.44. The largest absolute Gasteiger partial charge is 0.497 e. The zero-order valence-corrected chi connectivity index (χ0v) is 35.2. The van der Waals surface area contributed by atoms with Crippen LogP contribution < -0.4 is 34.8 Å². The van der Waals surface area contributed by atoms with E-state index in [0.29, 0.717) is 40.1 Å². The van der Waals surface area contributed by atoms with E-state index in [1.165, 1.54) is 38.1 Å². The Morgan fingerprint density at radius 1 is 0.645 bits per heavy atom. The molecule has 2 N–H and O–H groups in total. The van der Waals surface area contributed by atoms with Crippen LogP contribution in [-0.2, 0) is 42.0 Å². The number of urea groups is 1. The Bertz CT molecular complexity index is 2530. The Balaban J connectivity index is 1.25. The Labute approximate surface area is 358 Å². The van der Waals surface area contributed by atoms with Gasteiger partial charge in [-0.15, -0.1) is 0 Å². The van der Waals surface area contributed by atoms with Gasteiger partial charge in [-0.3, -0.25) is 24.1 Å². The van der Waals surface area contributed by atoms with Gasteiger partial charge in [0.25, 0.3) is 10.0 Å². The second-order valence-electron chi connectivity index (χ2n) is 14.3. The van der Waals surface area contributed by atoms with Gasteiger partial charge in [0.05, 0.1) is 19.9 Å². The molecule has 322 valence electrons.